The van der Waals surface area contributed by atoms with Crippen LogP contribution in [0, 0.1) is 11.3 Å². The second kappa shape index (κ2) is 9.40. The molecule has 6 heteroatoms. The molecule has 3 rings (SSSR count). The van der Waals surface area contributed by atoms with Crippen LogP contribution in [0.1, 0.15) is 15.9 Å². The fraction of sp³-hybridized carbons (Fsp3) is 0.0455. The second-order valence-corrected chi connectivity index (χ2v) is 6.89. The Kier molecular flexibility index (Phi) is 6.45. The molecule has 0 saturated carbocycles. The van der Waals surface area contributed by atoms with E-state index in [1.165, 1.54) is 11.8 Å². The summed E-state index contributed by atoms with van der Waals surface area (Å²) in [6.45, 7) is -0.137. The Morgan fingerprint density at radius 2 is 1.50 bits per heavy atom. The zero-order valence-corrected chi connectivity index (χ0v) is 15.7. The Labute approximate surface area is 167 Å². The quantitative estimate of drug-likeness (QED) is 0.668. The van der Waals surface area contributed by atoms with E-state index in [1.54, 1.807) is 36.4 Å². The third kappa shape index (κ3) is 5.00. The second-order valence-electron chi connectivity index (χ2n) is 5.80. The van der Waals surface area contributed by atoms with Crippen molar-refractivity contribution in [2.75, 3.05) is 11.9 Å². The molecular formula is C22H17N3O2S. The summed E-state index contributed by atoms with van der Waals surface area (Å²) in [4.78, 5) is 26.1. The number of para-hydroxylation sites is 1. The molecule has 3 aromatic carbocycles. The van der Waals surface area contributed by atoms with Crippen molar-refractivity contribution in [2.24, 2.45) is 0 Å². The van der Waals surface area contributed by atoms with Gasteiger partial charge >= 0.3 is 0 Å². The normalized spacial score (nSPS) is 9.96. The lowest BCUT2D eigenvalue weighted by molar-refractivity contribution is -0.115. The van der Waals surface area contributed by atoms with Crippen LogP contribution >= 0.6 is 11.8 Å². The van der Waals surface area contributed by atoms with Gasteiger partial charge in [-0.05, 0) is 36.4 Å². The third-order valence-electron chi connectivity index (χ3n) is 3.83. The van der Waals surface area contributed by atoms with Gasteiger partial charge < -0.3 is 10.6 Å². The van der Waals surface area contributed by atoms with Gasteiger partial charge in [-0.3, -0.25) is 9.59 Å². The molecule has 0 bridgehead atoms. The highest BCUT2D eigenvalue weighted by Gasteiger charge is 2.14. The number of anilines is 1. The lowest BCUT2D eigenvalue weighted by Gasteiger charge is -2.11. The molecule has 0 heterocycles. The lowest BCUT2D eigenvalue weighted by Crippen LogP contribution is -2.33. The van der Waals surface area contributed by atoms with E-state index in [9.17, 15) is 14.9 Å². The number of carbonyl (C=O) groups excluding carboxylic acids is 2. The molecule has 2 amide bonds. The maximum absolute atomic E-state index is 12.6. The molecule has 2 N–H and O–H groups in total. The number of carbonyl (C=O) groups is 2. The van der Waals surface area contributed by atoms with Gasteiger partial charge in [0, 0.05) is 15.5 Å². The van der Waals surface area contributed by atoms with E-state index < -0.39 is 0 Å². The third-order valence-corrected chi connectivity index (χ3v) is 4.98. The molecule has 138 valence electrons. The summed E-state index contributed by atoms with van der Waals surface area (Å²) in [7, 11) is 0. The number of nitriles is 1. The van der Waals surface area contributed by atoms with E-state index in [4.69, 9.17) is 0 Å². The summed E-state index contributed by atoms with van der Waals surface area (Å²) in [6.07, 6.45) is 0. The molecule has 0 spiro atoms. The van der Waals surface area contributed by atoms with Crippen molar-refractivity contribution in [1.82, 2.24) is 5.32 Å². The molecule has 0 fully saturated rings. The fourth-order valence-electron chi connectivity index (χ4n) is 2.49. The van der Waals surface area contributed by atoms with Crippen LogP contribution in [-0.4, -0.2) is 18.4 Å². The van der Waals surface area contributed by atoms with Crippen LogP contribution in [0.15, 0.2) is 88.7 Å². The highest BCUT2D eigenvalue weighted by molar-refractivity contribution is 7.99. The highest BCUT2D eigenvalue weighted by atomic mass is 32.2. The monoisotopic (exact) mass is 387 g/mol. The summed E-state index contributed by atoms with van der Waals surface area (Å²) in [5.74, 6) is -0.653. The molecule has 0 aliphatic heterocycles. The minimum absolute atomic E-state index is 0.137. The van der Waals surface area contributed by atoms with Gasteiger partial charge in [-0.15, -0.1) is 0 Å². The van der Waals surface area contributed by atoms with Crippen LogP contribution < -0.4 is 10.6 Å². The first kappa shape index (κ1) is 19.2. The Bertz CT molecular complexity index is 1030. The lowest BCUT2D eigenvalue weighted by atomic mass is 10.2. The van der Waals surface area contributed by atoms with Crippen LogP contribution in [0.2, 0.25) is 0 Å². The molecule has 0 aliphatic rings. The molecule has 3 aromatic rings. The van der Waals surface area contributed by atoms with Gasteiger partial charge in [0.15, 0.2) is 0 Å². The molecule has 0 saturated heterocycles. The van der Waals surface area contributed by atoms with E-state index in [0.717, 1.165) is 4.90 Å². The van der Waals surface area contributed by atoms with E-state index in [-0.39, 0.29) is 18.4 Å². The largest absolute Gasteiger partial charge is 0.343 e. The average molecular weight is 387 g/mol. The number of hydrogen-bond acceptors (Lipinski definition) is 4. The summed E-state index contributed by atoms with van der Waals surface area (Å²) >= 11 is 1.35. The minimum Gasteiger partial charge on any atom is -0.343 e. The first-order valence-electron chi connectivity index (χ1n) is 8.56. The van der Waals surface area contributed by atoms with Crippen LogP contribution in [0.4, 0.5) is 5.69 Å². The van der Waals surface area contributed by atoms with Crippen molar-refractivity contribution >= 4 is 29.3 Å². The predicted octanol–water partition coefficient (Wildman–Crippen LogP) is 4.08. The maximum Gasteiger partial charge on any atom is 0.252 e. The number of nitrogens with zero attached hydrogens (tertiary/aromatic N) is 1. The zero-order valence-electron chi connectivity index (χ0n) is 14.9. The van der Waals surface area contributed by atoms with E-state index in [2.05, 4.69) is 16.7 Å². The van der Waals surface area contributed by atoms with Crippen molar-refractivity contribution in [2.45, 2.75) is 9.79 Å². The van der Waals surface area contributed by atoms with Gasteiger partial charge in [0.1, 0.15) is 6.07 Å². The SMILES string of the molecule is N#Cc1ccccc1Sc1ccccc1C(=O)NCC(=O)Nc1ccccc1. The smallest absolute Gasteiger partial charge is 0.252 e. The van der Waals surface area contributed by atoms with Gasteiger partial charge in [0.2, 0.25) is 5.91 Å². The van der Waals surface area contributed by atoms with Gasteiger partial charge in [-0.2, -0.15) is 5.26 Å². The van der Waals surface area contributed by atoms with Crippen LogP contribution in [0.3, 0.4) is 0 Å². The summed E-state index contributed by atoms with van der Waals surface area (Å²) in [5.41, 5.74) is 1.67. The maximum atomic E-state index is 12.6. The van der Waals surface area contributed by atoms with Crippen LogP contribution in [0.5, 0.6) is 0 Å². The van der Waals surface area contributed by atoms with Gasteiger partial charge in [-0.25, -0.2) is 0 Å². The van der Waals surface area contributed by atoms with Crippen molar-refractivity contribution < 1.29 is 9.59 Å². The van der Waals surface area contributed by atoms with E-state index >= 15 is 0 Å². The van der Waals surface area contributed by atoms with E-state index in [1.807, 2.05) is 42.5 Å². The van der Waals surface area contributed by atoms with Gasteiger partial charge in [-0.1, -0.05) is 54.2 Å². The fourth-order valence-corrected chi connectivity index (χ4v) is 3.52. The average Bonchev–Trinajstić information content (AvgIpc) is 2.73. The molecule has 28 heavy (non-hydrogen) atoms. The van der Waals surface area contributed by atoms with Crippen LogP contribution in [0.25, 0.3) is 0 Å². The van der Waals surface area contributed by atoms with Crippen molar-refractivity contribution in [3.05, 3.63) is 90.0 Å². The predicted molar refractivity (Wildman–Crippen MR) is 109 cm³/mol. The Morgan fingerprint density at radius 3 is 2.25 bits per heavy atom. The molecule has 0 radical (unpaired) electrons. The Morgan fingerprint density at radius 1 is 0.857 bits per heavy atom. The molecule has 0 unspecified atom stereocenters. The zero-order chi connectivity index (χ0) is 19.8. The van der Waals surface area contributed by atoms with Crippen LogP contribution in [-0.2, 0) is 4.79 Å². The molecule has 0 aromatic heterocycles. The standard InChI is InChI=1S/C22H17N3O2S/c23-14-16-8-4-6-12-19(16)28-20-13-7-5-11-18(20)22(27)24-15-21(26)25-17-9-2-1-3-10-17/h1-13H,15H2,(H,24,27)(H,25,26). The highest BCUT2D eigenvalue weighted by Crippen LogP contribution is 2.32. The number of benzene rings is 3. The van der Waals surface area contributed by atoms with E-state index in [0.29, 0.717) is 21.7 Å². The van der Waals surface area contributed by atoms with Gasteiger partial charge in [0.25, 0.3) is 5.91 Å². The number of amides is 2. The van der Waals surface area contributed by atoms with Crippen molar-refractivity contribution in [3.8, 4) is 6.07 Å². The first-order chi connectivity index (χ1) is 13.7. The summed E-state index contributed by atoms with van der Waals surface area (Å²) < 4.78 is 0. The molecular weight excluding hydrogens is 370 g/mol. The summed E-state index contributed by atoms with van der Waals surface area (Å²) in [6, 6.07) is 25.5. The number of nitrogens with one attached hydrogen (secondary N) is 2. The topological polar surface area (TPSA) is 82.0 Å². The Balaban J connectivity index is 1.67. The number of hydrogen-bond donors (Lipinski definition) is 2. The van der Waals surface area contributed by atoms with Gasteiger partial charge in [0.05, 0.1) is 17.7 Å². The van der Waals surface area contributed by atoms with Crippen molar-refractivity contribution in [3.63, 3.8) is 0 Å². The molecule has 0 atom stereocenters. The Hall–Kier alpha value is -3.56. The summed E-state index contributed by atoms with van der Waals surface area (Å²) in [5, 5.41) is 14.6. The number of rotatable bonds is 6. The molecule has 0 aliphatic carbocycles. The molecule has 5 nitrogen and oxygen atoms in total. The first-order valence-corrected chi connectivity index (χ1v) is 9.38. The van der Waals surface area contributed by atoms with Crippen molar-refractivity contribution in [1.29, 1.82) is 5.26 Å². The minimum atomic E-state index is -0.347.